The summed E-state index contributed by atoms with van der Waals surface area (Å²) in [5.74, 6) is 0.878. The summed E-state index contributed by atoms with van der Waals surface area (Å²) < 4.78 is 0. The van der Waals surface area contributed by atoms with E-state index in [4.69, 9.17) is 0 Å². The number of fused-ring (bicyclic) bond motifs is 1. The molecule has 2 amide bonds. The van der Waals surface area contributed by atoms with Gasteiger partial charge in [0.15, 0.2) is 0 Å². The summed E-state index contributed by atoms with van der Waals surface area (Å²) in [6.45, 7) is 1.31. The number of para-hydroxylation sites is 2. The lowest BCUT2D eigenvalue weighted by Crippen LogP contribution is -2.39. The SMILES string of the molecule is O=C(NCc1ccccc1)N1CCC[C@@H]1c1nc2ccccc2[nH]1. The van der Waals surface area contributed by atoms with Crippen molar-refractivity contribution in [3.05, 3.63) is 66.0 Å². The first-order valence-electron chi connectivity index (χ1n) is 8.34. The van der Waals surface area contributed by atoms with Crippen LogP contribution in [0.15, 0.2) is 54.6 Å². The van der Waals surface area contributed by atoms with Crippen LogP contribution in [0.3, 0.4) is 0 Å². The van der Waals surface area contributed by atoms with Gasteiger partial charge in [-0.05, 0) is 30.5 Å². The summed E-state index contributed by atoms with van der Waals surface area (Å²) in [6, 6.07) is 17.9. The molecular formula is C19H20N4O. The summed E-state index contributed by atoms with van der Waals surface area (Å²) >= 11 is 0. The molecule has 2 N–H and O–H groups in total. The lowest BCUT2D eigenvalue weighted by molar-refractivity contribution is 0.191. The number of carbonyl (C=O) groups excluding carboxylic acids is 1. The van der Waals surface area contributed by atoms with Crippen molar-refractivity contribution in [2.24, 2.45) is 0 Å². The van der Waals surface area contributed by atoms with Gasteiger partial charge in [0.25, 0.3) is 0 Å². The van der Waals surface area contributed by atoms with Gasteiger partial charge in [0.1, 0.15) is 5.82 Å². The molecule has 0 spiro atoms. The molecule has 0 bridgehead atoms. The Bertz CT molecular complexity index is 810. The Morgan fingerprint density at radius 1 is 1.17 bits per heavy atom. The second-order valence-corrected chi connectivity index (χ2v) is 6.13. The molecule has 0 saturated carbocycles. The second-order valence-electron chi connectivity index (χ2n) is 6.13. The number of aromatic nitrogens is 2. The molecule has 1 atom stereocenters. The average Bonchev–Trinajstić information content (AvgIpc) is 3.26. The van der Waals surface area contributed by atoms with Crippen molar-refractivity contribution in [1.82, 2.24) is 20.2 Å². The minimum absolute atomic E-state index is 0.0215. The molecule has 2 aromatic carbocycles. The summed E-state index contributed by atoms with van der Waals surface area (Å²) in [5, 5.41) is 3.02. The number of amides is 2. The van der Waals surface area contributed by atoms with E-state index in [-0.39, 0.29) is 12.1 Å². The van der Waals surface area contributed by atoms with E-state index >= 15 is 0 Å². The molecule has 5 heteroatoms. The number of benzene rings is 2. The number of rotatable bonds is 3. The van der Waals surface area contributed by atoms with Gasteiger partial charge in [-0.25, -0.2) is 9.78 Å². The maximum absolute atomic E-state index is 12.6. The third kappa shape index (κ3) is 2.85. The van der Waals surface area contributed by atoms with Crippen molar-refractivity contribution in [3.63, 3.8) is 0 Å². The highest BCUT2D eigenvalue weighted by molar-refractivity contribution is 5.77. The Morgan fingerprint density at radius 2 is 1.96 bits per heavy atom. The summed E-state index contributed by atoms with van der Waals surface area (Å²) in [4.78, 5) is 22.5. The normalized spacial score (nSPS) is 17.3. The Morgan fingerprint density at radius 3 is 2.79 bits per heavy atom. The van der Waals surface area contributed by atoms with Crippen LogP contribution >= 0.6 is 0 Å². The van der Waals surface area contributed by atoms with E-state index in [2.05, 4.69) is 15.3 Å². The number of H-pyrrole nitrogens is 1. The summed E-state index contributed by atoms with van der Waals surface area (Å²) in [7, 11) is 0. The van der Waals surface area contributed by atoms with Gasteiger partial charge in [0, 0.05) is 13.1 Å². The largest absolute Gasteiger partial charge is 0.340 e. The van der Waals surface area contributed by atoms with Crippen LogP contribution in [0.25, 0.3) is 11.0 Å². The molecule has 1 aliphatic heterocycles. The average molecular weight is 320 g/mol. The molecule has 5 nitrogen and oxygen atoms in total. The van der Waals surface area contributed by atoms with Crippen molar-refractivity contribution in [3.8, 4) is 0 Å². The van der Waals surface area contributed by atoms with Crippen LogP contribution in [0.4, 0.5) is 4.79 Å². The van der Waals surface area contributed by atoms with Gasteiger partial charge in [0.05, 0.1) is 17.1 Å². The van der Waals surface area contributed by atoms with Gasteiger partial charge in [-0.2, -0.15) is 0 Å². The number of carbonyl (C=O) groups is 1. The van der Waals surface area contributed by atoms with Crippen LogP contribution in [0.1, 0.15) is 30.3 Å². The first-order valence-corrected chi connectivity index (χ1v) is 8.34. The van der Waals surface area contributed by atoms with Gasteiger partial charge in [0.2, 0.25) is 0 Å². The molecule has 2 heterocycles. The van der Waals surface area contributed by atoms with E-state index in [1.165, 1.54) is 0 Å². The molecule has 0 aliphatic carbocycles. The Hall–Kier alpha value is -2.82. The Labute approximate surface area is 140 Å². The number of nitrogens with one attached hydrogen (secondary N) is 2. The standard InChI is InChI=1S/C19H20N4O/c24-19(20-13-14-7-2-1-3-8-14)23-12-6-11-17(23)18-21-15-9-4-5-10-16(15)22-18/h1-5,7-10,17H,6,11-13H2,(H,20,24)(H,21,22)/t17-/m1/s1. The fraction of sp³-hybridized carbons (Fsp3) is 0.263. The predicted molar refractivity (Wildman–Crippen MR) is 93.5 cm³/mol. The van der Waals surface area contributed by atoms with Crippen molar-refractivity contribution in [1.29, 1.82) is 0 Å². The molecule has 1 aromatic heterocycles. The third-order valence-corrected chi connectivity index (χ3v) is 4.52. The maximum Gasteiger partial charge on any atom is 0.318 e. The Balaban J connectivity index is 1.48. The summed E-state index contributed by atoms with van der Waals surface area (Å²) in [6.07, 6.45) is 1.94. The van der Waals surface area contributed by atoms with E-state index in [0.29, 0.717) is 6.54 Å². The molecule has 122 valence electrons. The van der Waals surface area contributed by atoms with Gasteiger partial charge in [-0.3, -0.25) is 0 Å². The maximum atomic E-state index is 12.6. The molecule has 4 rings (SSSR count). The van der Waals surface area contributed by atoms with E-state index in [1.807, 2.05) is 59.5 Å². The lowest BCUT2D eigenvalue weighted by atomic mass is 10.2. The van der Waals surface area contributed by atoms with Crippen LogP contribution in [-0.4, -0.2) is 27.4 Å². The second kappa shape index (κ2) is 6.35. The monoisotopic (exact) mass is 320 g/mol. The summed E-state index contributed by atoms with van der Waals surface area (Å²) in [5.41, 5.74) is 3.07. The van der Waals surface area contributed by atoms with Crippen molar-refractivity contribution in [2.45, 2.75) is 25.4 Å². The molecule has 3 aromatic rings. The molecule has 1 aliphatic rings. The fourth-order valence-electron chi connectivity index (χ4n) is 3.30. The zero-order valence-corrected chi connectivity index (χ0v) is 13.4. The fourth-order valence-corrected chi connectivity index (χ4v) is 3.30. The van der Waals surface area contributed by atoms with Gasteiger partial charge >= 0.3 is 6.03 Å². The van der Waals surface area contributed by atoms with Gasteiger partial charge in [-0.15, -0.1) is 0 Å². The minimum Gasteiger partial charge on any atom is -0.340 e. The van der Waals surface area contributed by atoms with Crippen molar-refractivity contribution >= 4 is 17.1 Å². The smallest absolute Gasteiger partial charge is 0.318 e. The molecule has 1 saturated heterocycles. The van der Waals surface area contributed by atoms with Crippen molar-refractivity contribution < 1.29 is 4.79 Å². The first kappa shape index (κ1) is 14.8. The van der Waals surface area contributed by atoms with Crippen LogP contribution in [0.2, 0.25) is 0 Å². The van der Waals surface area contributed by atoms with Crippen LogP contribution in [0, 0.1) is 0 Å². The minimum atomic E-state index is -0.0261. The number of urea groups is 1. The highest BCUT2D eigenvalue weighted by Gasteiger charge is 2.32. The third-order valence-electron chi connectivity index (χ3n) is 4.52. The Kier molecular flexibility index (Phi) is 3.91. The van der Waals surface area contributed by atoms with E-state index in [9.17, 15) is 4.79 Å². The highest BCUT2D eigenvalue weighted by Crippen LogP contribution is 2.31. The lowest BCUT2D eigenvalue weighted by Gasteiger charge is -2.23. The predicted octanol–water partition coefficient (Wildman–Crippen LogP) is 3.61. The van der Waals surface area contributed by atoms with E-state index in [1.54, 1.807) is 0 Å². The molecule has 0 radical (unpaired) electrons. The quantitative estimate of drug-likeness (QED) is 0.774. The van der Waals surface area contributed by atoms with Crippen LogP contribution < -0.4 is 5.32 Å². The van der Waals surface area contributed by atoms with Crippen molar-refractivity contribution in [2.75, 3.05) is 6.54 Å². The van der Waals surface area contributed by atoms with Crippen LogP contribution in [0.5, 0.6) is 0 Å². The topological polar surface area (TPSA) is 61.0 Å². The molecule has 1 fully saturated rings. The number of aromatic amines is 1. The van der Waals surface area contributed by atoms with Crippen LogP contribution in [-0.2, 0) is 6.54 Å². The van der Waals surface area contributed by atoms with E-state index < -0.39 is 0 Å². The first-order chi connectivity index (χ1) is 11.8. The molecule has 24 heavy (non-hydrogen) atoms. The van der Waals surface area contributed by atoms with Gasteiger partial charge in [-0.1, -0.05) is 42.5 Å². The molecule has 0 unspecified atom stereocenters. The van der Waals surface area contributed by atoms with E-state index in [0.717, 1.165) is 41.8 Å². The van der Waals surface area contributed by atoms with Gasteiger partial charge < -0.3 is 15.2 Å². The number of imidazole rings is 1. The zero-order chi connectivity index (χ0) is 16.4. The number of hydrogen-bond acceptors (Lipinski definition) is 2. The number of likely N-dealkylation sites (tertiary alicyclic amines) is 1. The highest BCUT2D eigenvalue weighted by atomic mass is 16.2. The zero-order valence-electron chi connectivity index (χ0n) is 13.4. The number of hydrogen-bond donors (Lipinski definition) is 2. The molecular weight excluding hydrogens is 300 g/mol. The number of nitrogens with zero attached hydrogens (tertiary/aromatic N) is 2.